The van der Waals surface area contributed by atoms with Gasteiger partial charge in [-0.15, -0.1) is 0 Å². The Balaban J connectivity index is 1.77. The van der Waals surface area contributed by atoms with Crippen LogP contribution in [0.25, 0.3) is 0 Å². The van der Waals surface area contributed by atoms with Gasteiger partial charge < -0.3 is 4.74 Å². The van der Waals surface area contributed by atoms with Crippen LogP contribution in [0.5, 0.6) is 0 Å². The molecule has 1 rings (SSSR count). The van der Waals surface area contributed by atoms with Gasteiger partial charge in [0, 0.05) is 0 Å². The van der Waals surface area contributed by atoms with Crippen LogP contribution in [0.15, 0.2) is 0 Å². The fraction of sp³-hybridized carbons (Fsp3) is 1.00. The van der Waals surface area contributed by atoms with Crippen LogP contribution in [0.1, 0.15) is 97.3 Å². The number of hydrogen-bond donors (Lipinski definition) is 0. The zero-order valence-electron chi connectivity index (χ0n) is 12.8. The molecule has 2 atom stereocenters. The lowest BCUT2D eigenvalue weighted by atomic mass is 10.0. The van der Waals surface area contributed by atoms with E-state index in [2.05, 4.69) is 13.8 Å². The fourth-order valence-corrected chi connectivity index (χ4v) is 2.76. The molecule has 1 heteroatoms. The first kappa shape index (κ1) is 16.0. The molecule has 0 aromatic rings. The van der Waals surface area contributed by atoms with Crippen molar-refractivity contribution in [1.29, 1.82) is 0 Å². The highest BCUT2D eigenvalue weighted by Gasteiger charge is 2.36. The van der Waals surface area contributed by atoms with Crippen LogP contribution in [0.2, 0.25) is 0 Å². The van der Waals surface area contributed by atoms with Crippen molar-refractivity contribution in [2.45, 2.75) is 110 Å². The quantitative estimate of drug-likeness (QED) is 0.296. The third-order valence-corrected chi connectivity index (χ3v) is 4.12. The number of hydrogen-bond acceptors (Lipinski definition) is 1. The zero-order valence-corrected chi connectivity index (χ0v) is 12.8. The lowest BCUT2D eigenvalue weighted by molar-refractivity contribution is 0.347. The molecule has 0 aromatic heterocycles. The summed E-state index contributed by atoms with van der Waals surface area (Å²) in [6.45, 7) is 4.56. The van der Waals surface area contributed by atoms with E-state index in [0.29, 0.717) is 12.2 Å². The maximum Gasteiger partial charge on any atom is 0.0841 e. The summed E-state index contributed by atoms with van der Waals surface area (Å²) in [4.78, 5) is 0. The van der Waals surface area contributed by atoms with E-state index in [1.54, 1.807) is 0 Å². The van der Waals surface area contributed by atoms with E-state index in [9.17, 15) is 0 Å². The van der Waals surface area contributed by atoms with Crippen molar-refractivity contribution in [3.05, 3.63) is 0 Å². The normalized spacial score (nSPS) is 22.3. The van der Waals surface area contributed by atoms with E-state index in [-0.39, 0.29) is 0 Å². The van der Waals surface area contributed by atoms with Gasteiger partial charge in [0.05, 0.1) is 12.2 Å². The number of ether oxygens (including phenoxy) is 1. The highest BCUT2D eigenvalue weighted by atomic mass is 16.6. The lowest BCUT2D eigenvalue weighted by Crippen LogP contribution is -1.94. The minimum absolute atomic E-state index is 0.641. The molecule has 1 aliphatic rings. The largest absolute Gasteiger partial charge is 0.370 e. The molecule has 0 amide bonds. The highest BCUT2D eigenvalue weighted by Crippen LogP contribution is 2.31. The summed E-state index contributed by atoms with van der Waals surface area (Å²) in [6, 6.07) is 0. The number of rotatable bonds is 13. The summed E-state index contributed by atoms with van der Waals surface area (Å²) in [6.07, 6.45) is 19.4. The van der Waals surface area contributed by atoms with Gasteiger partial charge in [-0.3, -0.25) is 0 Å². The Labute approximate surface area is 115 Å². The second-order valence-electron chi connectivity index (χ2n) is 5.97. The SMILES string of the molecule is CCCCCCCC[C@H]1O[C@H]1CCCCCCC. The van der Waals surface area contributed by atoms with Crippen LogP contribution >= 0.6 is 0 Å². The summed E-state index contributed by atoms with van der Waals surface area (Å²) in [7, 11) is 0. The molecule has 1 nitrogen and oxygen atoms in total. The molecule has 1 fully saturated rings. The first-order valence-electron chi connectivity index (χ1n) is 8.54. The van der Waals surface area contributed by atoms with Crippen LogP contribution < -0.4 is 0 Å². The minimum Gasteiger partial charge on any atom is -0.370 e. The summed E-state index contributed by atoms with van der Waals surface area (Å²) in [5.74, 6) is 0. The molecular formula is C17H34O. The molecule has 0 bridgehead atoms. The Morgan fingerprint density at radius 3 is 1.39 bits per heavy atom. The molecule has 18 heavy (non-hydrogen) atoms. The number of epoxide rings is 1. The van der Waals surface area contributed by atoms with Gasteiger partial charge in [-0.1, -0.05) is 84.5 Å². The molecule has 0 radical (unpaired) electrons. The van der Waals surface area contributed by atoms with Gasteiger partial charge in [0.2, 0.25) is 0 Å². The van der Waals surface area contributed by atoms with Gasteiger partial charge in [-0.2, -0.15) is 0 Å². The van der Waals surface area contributed by atoms with Crippen molar-refractivity contribution >= 4 is 0 Å². The maximum absolute atomic E-state index is 5.75. The monoisotopic (exact) mass is 254 g/mol. The molecule has 0 aliphatic carbocycles. The standard InChI is InChI=1S/C17H34O/c1-3-5-7-9-11-13-15-17-16(18-17)14-12-10-8-6-4-2/h16-17H,3-15H2,1-2H3/t16-,17+/m0/s1. The van der Waals surface area contributed by atoms with E-state index in [0.717, 1.165) is 0 Å². The molecule has 0 spiro atoms. The van der Waals surface area contributed by atoms with Crippen LogP contribution in [-0.2, 0) is 4.74 Å². The van der Waals surface area contributed by atoms with Crippen LogP contribution in [0, 0.1) is 0 Å². The Kier molecular flexibility index (Phi) is 9.65. The summed E-state index contributed by atoms with van der Waals surface area (Å²) in [5, 5.41) is 0. The van der Waals surface area contributed by atoms with Crippen LogP contribution in [0.4, 0.5) is 0 Å². The van der Waals surface area contributed by atoms with Gasteiger partial charge in [-0.05, 0) is 12.8 Å². The molecule has 1 aliphatic heterocycles. The molecule has 0 unspecified atom stereocenters. The van der Waals surface area contributed by atoms with E-state index in [1.807, 2.05) is 0 Å². The third kappa shape index (κ3) is 8.13. The molecule has 0 N–H and O–H groups in total. The predicted molar refractivity (Wildman–Crippen MR) is 80.0 cm³/mol. The molecular weight excluding hydrogens is 220 g/mol. The zero-order chi connectivity index (χ0) is 13.1. The second-order valence-corrected chi connectivity index (χ2v) is 5.97. The van der Waals surface area contributed by atoms with Crippen molar-refractivity contribution in [2.75, 3.05) is 0 Å². The lowest BCUT2D eigenvalue weighted by Gasteiger charge is -1.99. The van der Waals surface area contributed by atoms with Crippen molar-refractivity contribution in [3.63, 3.8) is 0 Å². The Hall–Kier alpha value is -0.0400. The molecule has 0 aromatic carbocycles. The summed E-state index contributed by atoms with van der Waals surface area (Å²) in [5.41, 5.74) is 0. The van der Waals surface area contributed by atoms with Crippen molar-refractivity contribution in [3.8, 4) is 0 Å². The number of unbranched alkanes of at least 4 members (excludes halogenated alkanes) is 9. The van der Waals surface area contributed by atoms with Crippen LogP contribution in [-0.4, -0.2) is 12.2 Å². The van der Waals surface area contributed by atoms with E-state index in [1.165, 1.54) is 83.5 Å². The van der Waals surface area contributed by atoms with Gasteiger partial charge in [0.1, 0.15) is 0 Å². The average molecular weight is 254 g/mol. The Bertz CT molecular complexity index is 178. The molecule has 1 heterocycles. The molecule has 108 valence electrons. The summed E-state index contributed by atoms with van der Waals surface area (Å²) >= 11 is 0. The topological polar surface area (TPSA) is 12.5 Å². The first-order chi connectivity index (χ1) is 8.88. The van der Waals surface area contributed by atoms with E-state index >= 15 is 0 Å². The maximum atomic E-state index is 5.75. The summed E-state index contributed by atoms with van der Waals surface area (Å²) < 4.78 is 5.75. The average Bonchev–Trinajstić information content (AvgIpc) is 3.12. The fourth-order valence-electron chi connectivity index (χ4n) is 2.76. The van der Waals surface area contributed by atoms with Gasteiger partial charge in [0.15, 0.2) is 0 Å². The van der Waals surface area contributed by atoms with E-state index < -0.39 is 0 Å². The van der Waals surface area contributed by atoms with Gasteiger partial charge in [-0.25, -0.2) is 0 Å². The minimum atomic E-state index is 0.641. The van der Waals surface area contributed by atoms with Gasteiger partial charge >= 0.3 is 0 Å². The molecule has 0 saturated carbocycles. The predicted octanol–water partition coefficient (Wildman–Crippen LogP) is 5.86. The van der Waals surface area contributed by atoms with Crippen molar-refractivity contribution in [1.82, 2.24) is 0 Å². The smallest absolute Gasteiger partial charge is 0.0841 e. The van der Waals surface area contributed by atoms with Gasteiger partial charge in [0.25, 0.3) is 0 Å². The van der Waals surface area contributed by atoms with Crippen LogP contribution in [0.3, 0.4) is 0 Å². The highest BCUT2D eigenvalue weighted by molar-refractivity contribution is 4.84. The Morgan fingerprint density at radius 1 is 0.556 bits per heavy atom. The Morgan fingerprint density at radius 2 is 0.944 bits per heavy atom. The second kappa shape index (κ2) is 10.8. The van der Waals surface area contributed by atoms with Crippen molar-refractivity contribution < 1.29 is 4.74 Å². The first-order valence-corrected chi connectivity index (χ1v) is 8.54. The van der Waals surface area contributed by atoms with E-state index in [4.69, 9.17) is 4.74 Å². The molecule has 1 saturated heterocycles. The third-order valence-electron chi connectivity index (χ3n) is 4.12. The van der Waals surface area contributed by atoms with Crippen molar-refractivity contribution in [2.24, 2.45) is 0 Å².